The first kappa shape index (κ1) is 21.4. The Hall–Kier alpha value is -2.44. The highest BCUT2D eigenvalue weighted by atomic mass is 35.5. The Morgan fingerprint density at radius 2 is 1.59 bits per heavy atom. The number of nitrogens with zero attached hydrogens (tertiary/aromatic N) is 2. The number of benzene rings is 3. The van der Waals surface area contributed by atoms with Crippen molar-refractivity contribution >= 4 is 55.6 Å². The van der Waals surface area contributed by atoms with Gasteiger partial charge in [-0.3, -0.25) is 5.43 Å². The summed E-state index contributed by atoms with van der Waals surface area (Å²) >= 11 is 13.9. The molecule has 2 heterocycles. The van der Waals surface area contributed by atoms with Crippen LogP contribution in [0.2, 0.25) is 10.0 Å². The van der Waals surface area contributed by atoms with Gasteiger partial charge in [0.05, 0.1) is 10.2 Å². The third-order valence-corrected chi connectivity index (χ3v) is 7.36. The predicted molar refractivity (Wildman–Crippen MR) is 136 cm³/mol. The number of para-hydroxylation sites is 1. The Morgan fingerprint density at radius 3 is 2.28 bits per heavy atom. The molecule has 0 radical (unpaired) electrons. The third-order valence-electron chi connectivity index (χ3n) is 5.91. The second kappa shape index (κ2) is 9.20. The van der Waals surface area contributed by atoms with Gasteiger partial charge in [-0.05, 0) is 47.5 Å². The fourth-order valence-corrected chi connectivity index (χ4v) is 5.22. The van der Waals surface area contributed by atoms with E-state index in [9.17, 15) is 0 Å². The van der Waals surface area contributed by atoms with Gasteiger partial charge in [-0.1, -0.05) is 77.9 Å². The van der Waals surface area contributed by atoms with Crippen LogP contribution < -0.4 is 10.7 Å². The summed E-state index contributed by atoms with van der Waals surface area (Å²) < 4.78 is 1.15. The highest BCUT2D eigenvalue weighted by Gasteiger charge is 2.33. The number of anilines is 1. The highest BCUT2D eigenvalue weighted by Crippen LogP contribution is 2.36. The van der Waals surface area contributed by atoms with Crippen LogP contribution in [0.4, 0.5) is 5.13 Å². The van der Waals surface area contributed by atoms with E-state index in [0.29, 0.717) is 0 Å². The van der Waals surface area contributed by atoms with Crippen molar-refractivity contribution in [2.75, 3.05) is 5.43 Å². The Bertz CT molecular complexity index is 1220. The van der Waals surface area contributed by atoms with Crippen molar-refractivity contribution < 1.29 is 0 Å². The zero-order chi connectivity index (χ0) is 22.1. The summed E-state index contributed by atoms with van der Waals surface area (Å²) in [5.74, 6) is 0.196. The molecular weight excluding hydrogens is 459 g/mol. The van der Waals surface area contributed by atoms with E-state index in [2.05, 4.69) is 53.0 Å². The van der Waals surface area contributed by atoms with E-state index in [4.69, 9.17) is 28.3 Å². The molecule has 7 heteroatoms. The number of thiazole rings is 1. The van der Waals surface area contributed by atoms with Crippen LogP contribution in [0.3, 0.4) is 0 Å². The summed E-state index contributed by atoms with van der Waals surface area (Å²) in [4.78, 5) is 4.65. The number of halogens is 2. The smallest absolute Gasteiger partial charge is 0.204 e. The van der Waals surface area contributed by atoms with Crippen molar-refractivity contribution in [2.45, 2.75) is 25.4 Å². The largest absolute Gasteiger partial charge is 0.302 e. The molecule has 0 saturated carbocycles. The molecule has 0 spiro atoms. The molecular formula is C25H22Cl2N4S. The zero-order valence-electron chi connectivity index (χ0n) is 17.4. The van der Waals surface area contributed by atoms with Gasteiger partial charge in [0.1, 0.15) is 0 Å². The van der Waals surface area contributed by atoms with Crippen LogP contribution in [0.15, 0.2) is 77.9 Å². The third kappa shape index (κ3) is 4.52. The van der Waals surface area contributed by atoms with Crippen LogP contribution in [0, 0.1) is 5.92 Å². The lowest BCUT2D eigenvalue weighted by Crippen LogP contribution is -2.41. The van der Waals surface area contributed by atoms with Crippen LogP contribution in [0.5, 0.6) is 0 Å². The highest BCUT2D eigenvalue weighted by molar-refractivity contribution is 7.22. The van der Waals surface area contributed by atoms with Crippen molar-refractivity contribution in [3.8, 4) is 0 Å². The van der Waals surface area contributed by atoms with Gasteiger partial charge in [-0.15, -0.1) is 0 Å². The van der Waals surface area contributed by atoms with E-state index in [1.165, 1.54) is 11.1 Å². The molecule has 1 saturated heterocycles. The van der Waals surface area contributed by atoms with Gasteiger partial charge < -0.3 is 5.32 Å². The van der Waals surface area contributed by atoms with Crippen molar-refractivity contribution in [3.05, 3.63) is 94.0 Å². The average molecular weight is 481 g/mol. The second-order valence-electron chi connectivity index (χ2n) is 7.99. The van der Waals surface area contributed by atoms with E-state index < -0.39 is 0 Å². The van der Waals surface area contributed by atoms with Crippen LogP contribution in [0.1, 0.15) is 36.6 Å². The SMILES string of the molecule is CC1/C(=N/Nc2nc3ccccc3s2)CC(c2ccc(Cl)cc2)NC1c1ccc(Cl)cc1. The molecule has 1 fully saturated rings. The molecule has 1 aromatic heterocycles. The zero-order valence-corrected chi connectivity index (χ0v) is 19.8. The quantitative estimate of drug-likeness (QED) is 0.297. The maximum atomic E-state index is 6.13. The van der Waals surface area contributed by atoms with Gasteiger partial charge in [0, 0.05) is 40.2 Å². The first-order chi connectivity index (χ1) is 15.6. The minimum Gasteiger partial charge on any atom is -0.302 e. The number of piperidine rings is 1. The number of hydrazone groups is 1. The van der Waals surface area contributed by atoms with Gasteiger partial charge in [-0.25, -0.2) is 4.98 Å². The molecule has 3 aromatic carbocycles. The first-order valence-electron chi connectivity index (χ1n) is 10.5. The van der Waals surface area contributed by atoms with Gasteiger partial charge in [0.2, 0.25) is 5.13 Å². The molecule has 0 aliphatic carbocycles. The van der Waals surface area contributed by atoms with Crippen LogP contribution in [-0.2, 0) is 0 Å². The van der Waals surface area contributed by atoms with Crippen LogP contribution in [-0.4, -0.2) is 10.7 Å². The summed E-state index contributed by atoms with van der Waals surface area (Å²) in [6.45, 7) is 2.21. The molecule has 3 unspecified atom stereocenters. The van der Waals surface area contributed by atoms with Gasteiger partial charge in [0.15, 0.2) is 0 Å². The van der Waals surface area contributed by atoms with E-state index in [0.717, 1.165) is 37.5 Å². The first-order valence-corrected chi connectivity index (χ1v) is 12.1. The summed E-state index contributed by atoms with van der Waals surface area (Å²) in [6.07, 6.45) is 0.796. The summed E-state index contributed by atoms with van der Waals surface area (Å²) in [5.41, 5.74) is 7.68. The summed E-state index contributed by atoms with van der Waals surface area (Å²) in [5, 5.41) is 10.9. The average Bonchev–Trinajstić information content (AvgIpc) is 3.23. The second-order valence-corrected chi connectivity index (χ2v) is 9.90. The molecule has 2 N–H and O–H groups in total. The lowest BCUT2D eigenvalue weighted by molar-refractivity contribution is 0.364. The fraction of sp³-hybridized carbons (Fsp3) is 0.200. The topological polar surface area (TPSA) is 49.3 Å². The number of aromatic nitrogens is 1. The fourth-order valence-electron chi connectivity index (χ4n) is 4.16. The molecule has 32 heavy (non-hydrogen) atoms. The minimum absolute atomic E-state index is 0.109. The van der Waals surface area contributed by atoms with Crippen molar-refractivity contribution in [2.24, 2.45) is 11.0 Å². The van der Waals surface area contributed by atoms with Crippen LogP contribution in [0.25, 0.3) is 10.2 Å². The predicted octanol–water partition coefficient (Wildman–Crippen LogP) is 7.48. The lowest BCUT2D eigenvalue weighted by Gasteiger charge is -2.37. The molecule has 4 aromatic rings. The monoisotopic (exact) mass is 480 g/mol. The van der Waals surface area contributed by atoms with E-state index in [1.807, 2.05) is 42.5 Å². The number of nitrogens with one attached hydrogen (secondary N) is 2. The number of fused-ring (bicyclic) bond motifs is 1. The van der Waals surface area contributed by atoms with E-state index in [-0.39, 0.29) is 18.0 Å². The minimum atomic E-state index is 0.109. The van der Waals surface area contributed by atoms with Gasteiger partial charge >= 0.3 is 0 Å². The molecule has 0 amide bonds. The number of hydrogen-bond donors (Lipinski definition) is 2. The normalized spacial score (nSPS) is 22.3. The van der Waals surface area contributed by atoms with Crippen LogP contribution >= 0.6 is 34.5 Å². The van der Waals surface area contributed by atoms with E-state index >= 15 is 0 Å². The molecule has 0 bridgehead atoms. The Morgan fingerprint density at radius 1 is 0.938 bits per heavy atom. The Labute approximate surface area is 201 Å². The molecule has 1 aliphatic rings. The molecule has 4 nitrogen and oxygen atoms in total. The molecule has 162 valence electrons. The maximum Gasteiger partial charge on any atom is 0.204 e. The van der Waals surface area contributed by atoms with Gasteiger partial charge in [-0.2, -0.15) is 5.10 Å². The summed E-state index contributed by atoms with van der Waals surface area (Å²) in [7, 11) is 0. The Balaban J connectivity index is 1.46. The molecule has 3 atom stereocenters. The Kier molecular flexibility index (Phi) is 6.15. The number of hydrogen-bond acceptors (Lipinski definition) is 5. The molecule has 5 rings (SSSR count). The van der Waals surface area contributed by atoms with Gasteiger partial charge in [0.25, 0.3) is 0 Å². The molecule has 1 aliphatic heterocycles. The summed E-state index contributed by atoms with van der Waals surface area (Å²) in [6, 6.07) is 24.4. The standard InChI is InChI=1S/C25H22Cl2N4S/c1-15-21(30-31-25-29-20-4-2-3-5-23(20)32-25)14-22(16-6-10-18(26)11-7-16)28-24(15)17-8-12-19(27)13-9-17/h2-13,15,22,24,28H,14H2,1H3,(H,29,31)/b30-21+. The lowest BCUT2D eigenvalue weighted by atomic mass is 9.81. The van der Waals surface area contributed by atoms with Crippen molar-refractivity contribution in [1.82, 2.24) is 10.3 Å². The van der Waals surface area contributed by atoms with Crippen molar-refractivity contribution in [1.29, 1.82) is 0 Å². The number of rotatable bonds is 4. The maximum absolute atomic E-state index is 6.13. The van der Waals surface area contributed by atoms with E-state index in [1.54, 1.807) is 11.3 Å². The van der Waals surface area contributed by atoms with Crippen molar-refractivity contribution in [3.63, 3.8) is 0 Å².